The normalized spacial score (nSPS) is 14.0. The van der Waals surface area contributed by atoms with Crippen LogP contribution < -0.4 is 32.7 Å². The Morgan fingerprint density at radius 3 is 2.00 bits per heavy atom. The molecule has 0 heterocycles. The van der Waals surface area contributed by atoms with Crippen LogP contribution in [0.5, 0.6) is 0 Å². The average molecular weight is 507 g/mol. The summed E-state index contributed by atoms with van der Waals surface area (Å²) in [4.78, 5) is 81.7. The lowest BCUT2D eigenvalue weighted by Crippen LogP contribution is -2.55. The van der Waals surface area contributed by atoms with Crippen LogP contribution in [0.1, 0.15) is 26.2 Å². The number of carbonyl (C=O) groups is 7. The Morgan fingerprint density at radius 2 is 1.50 bits per heavy atom. The first-order valence-electron chi connectivity index (χ1n) is 9.93. The Labute approximate surface area is 199 Å². The fraction of sp³-hybridized carbons (Fsp3) is 0.611. The molecule has 192 valence electrons. The van der Waals surface area contributed by atoms with E-state index in [2.05, 4.69) is 21.3 Å². The molecule has 0 radical (unpaired) electrons. The van der Waals surface area contributed by atoms with Gasteiger partial charge in [0.05, 0.1) is 25.4 Å². The molecule has 0 aliphatic carbocycles. The molecule has 34 heavy (non-hydrogen) atoms. The first-order chi connectivity index (χ1) is 15.8. The Hall–Kier alpha value is -3.40. The number of hydrogen-bond acceptors (Lipinski definition) is 9. The summed E-state index contributed by atoms with van der Waals surface area (Å²) < 4.78 is 0. The van der Waals surface area contributed by atoms with E-state index in [1.165, 1.54) is 18.7 Å². The minimum atomic E-state index is -1.52. The van der Waals surface area contributed by atoms with Crippen LogP contribution in [0.3, 0.4) is 0 Å². The third-order valence-corrected chi connectivity index (χ3v) is 4.83. The third-order valence-electron chi connectivity index (χ3n) is 4.18. The molecule has 0 saturated carbocycles. The van der Waals surface area contributed by atoms with Crippen LogP contribution in [0.4, 0.5) is 0 Å². The molecule has 0 saturated heterocycles. The van der Waals surface area contributed by atoms with Gasteiger partial charge in [-0.25, -0.2) is 0 Å². The average Bonchev–Trinajstić information content (AvgIpc) is 2.73. The Morgan fingerprint density at radius 1 is 0.882 bits per heavy atom. The van der Waals surface area contributed by atoms with E-state index in [9.17, 15) is 33.6 Å². The summed E-state index contributed by atoms with van der Waals surface area (Å²) in [7, 11) is 0. The van der Waals surface area contributed by atoms with Gasteiger partial charge >= 0.3 is 11.9 Å². The summed E-state index contributed by atoms with van der Waals surface area (Å²) in [5.41, 5.74) is 10.5. The molecule has 0 aromatic heterocycles. The first-order valence-corrected chi connectivity index (χ1v) is 11.3. The number of carbonyl (C=O) groups excluding carboxylic acids is 5. The van der Waals surface area contributed by atoms with Gasteiger partial charge in [-0.3, -0.25) is 33.6 Å². The number of rotatable bonds is 16. The number of carboxylic acid groups (broad SMARTS) is 2. The van der Waals surface area contributed by atoms with Crippen LogP contribution in [-0.4, -0.2) is 94.4 Å². The second kappa shape index (κ2) is 15.4. The van der Waals surface area contributed by atoms with Crippen molar-refractivity contribution >= 4 is 53.2 Å². The maximum absolute atomic E-state index is 12.4. The molecule has 0 spiro atoms. The Kier molecular flexibility index (Phi) is 13.9. The maximum Gasteiger partial charge on any atom is 0.325 e. The molecule has 0 rings (SSSR count). The summed E-state index contributed by atoms with van der Waals surface area (Å²) in [6, 6.07) is -5.28. The van der Waals surface area contributed by atoms with Gasteiger partial charge in [-0.05, 0) is 25.4 Å². The van der Waals surface area contributed by atoms with Gasteiger partial charge in [0.1, 0.15) is 18.1 Å². The molecule has 0 unspecified atom stereocenters. The van der Waals surface area contributed by atoms with Crippen molar-refractivity contribution in [3.63, 3.8) is 0 Å². The highest BCUT2D eigenvalue weighted by molar-refractivity contribution is 7.98. The standard InChI is InChI=1S/C18H30N6O9S/c1-8(18(32)33)22-17(31)10(3-4-34-2)23-13(26)7-21-16(30)11(6-12(20)25)24-15(29)9(19)5-14(27)28/h8-11H,3-7,19H2,1-2H3,(H2,20,25)(H,21,30)(H,22,31)(H,23,26)(H,24,29)(H,27,28)(H,32,33)/t8-,9-,10-,11-/m0/s1. The first kappa shape index (κ1) is 30.6. The molecule has 10 N–H and O–H groups in total. The second-order valence-electron chi connectivity index (χ2n) is 7.12. The molecule has 0 aliphatic rings. The SMILES string of the molecule is CSCC[C@H](NC(=O)CNC(=O)[C@H](CC(N)=O)NC(=O)[C@@H](N)CC(=O)O)C(=O)N[C@@H](C)C(=O)O. The lowest BCUT2D eigenvalue weighted by molar-refractivity contribution is -0.141. The zero-order valence-corrected chi connectivity index (χ0v) is 19.5. The summed E-state index contributed by atoms with van der Waals surface area (Å²) >= 11 is 1.39. The molecular formula is C18H30N6O9S. The van der Waals surface area contributed by atoms with Crippen LogP contribution in [0.15, 0.2) is 0 Å². The van der Waals surface area contributed by atoms with Crippen LogP contribution in [0.25, 0.3) is 0 Å². The van der Waals surface area contributed by atoms with Crippen LogP contribution in [0, 0.1) is 0 Å². The number of aliphatic carboxylic acids is 2. The predicted octanol–water partition coefficient (Wildman–Crippen LogP) is -3.91. The van der Waals surface area contributed by atoms with Crippen molar-refractivity contribution in [1.29, 1.82) is 0 Å². The van der Waals surface area contributed by atoms with E-state index in [0.717, 1.165) is 0 Å². The van der Waals surface area contributed by atoms with E-state index in [-0.39, 0.29) is 6.42 Å². The van der Waals surface area contributed by atoms with Gasteiger partial charge in [-0.1, -0.05) is 0 Å². The molecule has 0 bridgehead atoms. The van der Waals surface area contributed by atoms with Gasteiger partial charge in [0.25, 0.3) is 0 Å². The van der Waals surface area contributed by atoms with Crippen molar-refractivity contribution in [1.82, 2.24) is 21.3 Å². The molecule has 0 aromatic rings. The van der Waals surface area contributed by atoms with Gasteiger partial charge < -0.3 is 42.9 Å². The number of nitrogens with one attached hydrogen (secondary N) is 4. The summed E-state index contributed by atoms with van der Waals surface area (Å²) in [6.45, 7) is 0.603. The van der Waals surface area contributed by atoms with E-state index < -0.39 is 85.0 Å². The van der Waals surface area contributed by atoms with E-state index in [0.29, 0.717) is 5.75 Å². The Bertz CT molecular complexity index is 794. The van der Waals surface area contributed by atoms with E-state index in [1.807, 2.05) is 0 Å². The fourth-order valence-corrected chi connectivity index (χ4v) is 2.86. The highest BCUT2D eigenvalue weighted by Crippen LogP contribution is 2.02. The zero-order chi connectivity index (χ0) is 26.4. The molecule has 5 amide bonds. The van der Waals surface area contributed by atoms with Crippen molar-refractivity contribution in [3.05, 3.63) is 0 Å². The van der Waals surface area contributed by atoms with Gasteiger partial charge in [-0.2, -0.15) is 11.8 Å². The third kappa shape index (κ3) is 12.6. The number of thioether (sulfide) groups is 1. The largest absolute Gasteiger partial charge is 0.481 e. The van der Waals surface area contributed by atoms with Gasteiger partial charge in [0.15, 0.2) is 0 Å². The quantitative estimate of drug-likeness (QED) is 0.100. The van der Waals surface area contributed by atoms with Crippen molar-refractivity contribution < 1.29 is 43.8 Å². The smallest absolute Gasteiger partial charge is 0.325 e. The van der Waals surface area contributed by atoms with E-state index in [4.69, 9.17) is 21.7 Å². The Balaban J connectivity index is 5.06. The summed E-state index contributed by atoms with van der Waals surface area (Å²) in [5, 5.41) is 26.5. The van der Waals surface area contributed by atoms with Crippen molar-refractivity contribution in [2.75, 3.05) is 18.6 Å². The topological polar surface area (TPSA) is 260 Å². The van der Waals surface area contributed by atoms with E-state index >= 15 is 0 Å². The molecule has 4 atom stereocenters. The molecule has 15 nitrogen and oxygen atoms in total. The number of amides is 5. The predicted molar refractivity (Wildman–Crippen MR) is 119 cm³/mol. The lowest BCUT2D eigenvalue weighted by Gasteiger charge is -2.21. The number of hydrogen-bond donors (Lipinski definition) is 8. The van der Waals surface area contributed by atoms with Crippen LogP contribution in [0.2, 0.25) is 0 Å². The highest BCUT2D eigenvalue weighted by Gasteiger charge is 2.28. The van der Waals surface area contributed by atoms with Crippen molar-refractivity contribution in [2.24, 2.45) is 11.5 Å². The second-order valence-corrected chi connectivity index (χ2v) is 8.11. The summed E-state index contributed by atoms with van der Waals surface area (Å²) in [6.07, 6.45) is 0.581. The molecule has 0 aromatic carbocycles. The van der Waals surface area contributed by atoms with Crippen LogP contribution in [-0.2, 0) is 33.6 Å². The highest BCUT2D eigenvalue weighted by atomic mass is 32.2. The molecule has 0 fully saturated rings. The lowest BCUT2D eigenvalue weighted by atomic mass is 10.1. The minimum absolute atomic E-state index is 0.181. The number of primary amides is 1. The fourth-order valence-electron chi connectivity index (χ4n) is 2.39. The maximum atomic E-state index is 12.4. The monoisotopic (exact) mass is 506 g/mol. The molecule has 0 aliphatic heterocycles. The van der Waals surface area contributed by atoms with Gasteiger partial charge in [0.2, 0.25) is 29.5 Å². The zero-order valence-electron chi connectivity index (χ0n) is 18.7. The minimum Gasteiger partial charge on any atom is -0.481 e. The summed E-state index contributed by atoms with van der Waals surface area (Å²) in [5.74, 6) is -6.63. The number of carboxylic acids is 2. The number of nitrogens with two attached hydrogens (primary N) is 2. The molecular weight excluding hydrogens is 476 g/mol. The van der Waals surface area contributed by atoms with Crippen molar-refractivity contribution in [3.8, 4) is 0 Å². The van der Waals surface area contributed by atoms with Gasteiger partial charge in [0, 0.05) is 0 Å². The molecule has 16 heteroatoms. The van der Waals surface area contributed by atoms with Crippen LogP contribution >= 0.6 is 11.8 Å². The van der Waals surface area contributed by atoms with E-state index in [1.54, 1.807) is 6.26 Å². The van der Waals surface area contributed by atoms with Gasteiger partial charge in [-0.15, -0.1) is 0 Å². The van der Waals surface area contributed by atoms with Crippen molar-refractivity contribution in [2.45, 2.75) is 50.4 Å².